The monoisotopic (exact) mass is 263 g/mol. The number of hydrogen-bond donors (Lipinski definition) is 2. The molecular weight excluding hydrogens is 242 g/mol. The van der Waals surface area contributed by atoms with Crippen LogP contribution in [0.5, 0.6) is 5.88 Å². The minimum Gasteiger partial charge on any atom is -0.476 e. The lowest BCUT2D eigenvalue weighted by Gasteiger charge is -2.27. The van der Waals surface area contributed by atoms with Crippen molar-refractivity contribution in [2.24, 2.45) is 11.5 Å². The summed E-state index contributed by atoms with van der Waals surface area (Å²) in [7, 11) is 0. The van der Waals surface area contributed by atoms with Crippen LogP contribution >= 0.6 is 0 Å². The average Bonchev–Trinajstić information content (AvgIpc) is 2.62. The molecule has 1 amide bonds. The van der Waals surface area contributed by atoms with Gasteiger partial charge in [-0.15, -0.1) is 0 Å². The lowest BCUT2D eigenvalue weighted by molar-refractivity contribution is 0.0999. The molecule has 5 heteroatoms. The third-order valence-corrected chi connectivity index (χ3v) is 3.63. The first kappa shape index (κ1) is 13.8. The van der Waals surface area contributed by atoms with Crippen molar-refractivity contribution < 1.29 is 9.53 Å². The van der Waals surface area contributed by atoms with Gasteiger partial charge in [0, 0.05) is 12.3 Å². The second-order valence-corrected chi connectivity index (χ2v) is 5.31. The van der Waals surface area contributed by atoms with Gasteiger partial charge in [0.15, 0.2) is 0 Å². The van der Waals surface area contributed by atoms with E-state index in [1.54, 1.807) is 12.1 Å². The highest BCUT2D eigenvalue weighted by molar-refractivity contribution is 5.92. The number of amides is 1. The van der Waals surface area contributed by atoms with Crippen LogP contribution in [0, 0.1) is 0 Å². The van der Waals surface area contributed by atoms with Crippen molar-refractivity contribution in [1.29, 1.82) is 0 Å². The zero-order chi connectivity index (χ0) is 13.7. The number of carbonyl (C=O) groups is 1. The molecule has 104 valence electrons. The molecule has 4 N–H and O–H groups in total. The van der Waals surface area contributed by atoms with Crippen molar-refractivity contribution in [3.8, 4) is 5.88 Å². The van der Waals surface area contributed by atoms with Crippen molar-refractivity contribution in [2.75, 3.05) is 6.61 Å². The normalized spacial score (nSPS) is 18.6. The summed E-state index contributed by atoms with van der Waals surface area (Å²) >= 11 is 0. The molecule has 1 aromatic rings. The van der Waals surface area contributed by atoms with E-state index in [0.717, 1.165) is 25.7 Å². The van der Waals surface area contributed by atoms with Crippen LogP contribution in [0.2, 0.25) is 0 Å². The Bertz CT molecular complexity index is 423. The van der Waals surface area contributed by atoms with Gasteiger partial charge in [0.05, 0.1) is 11.1 Å². The van der Waals surface area contributed by atoms with Gasteiger partial charge < -0.3 is 16.2 Å². The standard InChI is InChI=1S/C14H21N3O2/c15-13(18)11-5-6-12(17-9-11)19-10-14(16)7-3-1-2-4-8-14/h5-6,9H,1-4,7-8,10,16H2,(H2,15,18). The SMILES string of the molecule is NC(=O)c1ccc(OCC2(N)CCCCCC2)nc1. The molecule has 1 aliphatic rings. The number of nitrogens with zero attached hydrogens (tertiary/aromatic N) is 1. The van der Waals surface area contributed by atoms with Crippen molar-refractivity contribution in [3.05, 3.63) is 23.9 Å². The van der Waals surface area contributed by atoms with Crippen LogP contribution < -0.4 is 16.2 Å². The van der Waals surface area contributed by atoms with Crippen LogP contribution in [-0.4, -0.2) is 23.0 Å². The first-order valence-electron chi connectivity index (χ1n) is 6.77. The summed E-state index contributed by atoms with van der Waals surface area (Å²) in [5.41, 5.74) is 11.6. The van der Waals surface area contributed by atoms with E-state index in [-0.39, 0.29) is 5.54 Å². The maximum atomic E-state index is 10.9. The third kappa shape index (κ3) is 3.92. The van der Waals surface area contributed by atoms with Gasteiger partial charge in [-0.2, -0.15) is 0 Å². The Morgan fingerprint density at radius 2 is 1.95 bits per heavy atom. The number of ether oxygens (including phenoxy) is 1. The van der Waals surface area contributed by atoms with Crippen LogP contribution in [0.4, 0.5) is 0 Å². The molecule has 1 fully saturated rings. The number of aromatic nitrogens is 1. The Morgan fingerprint density at radius 3 is 2.47 bits per heavy atom. The van der Waals surface area contributed by atoms with E-state index < -0.39 is 5.91 Å². The number of primary amides is 1. The number of pyridine rings is 1. The summed E-state index contributed by atoms with van der Waals surface area (Å²) in [6.45, 7) is 0.468. The summed E-state index contributed by atoms with van der Waals surface area (Å²) in [5.74, 6) is -0.00261. The van der Waals surface area contributed by atoms with E-state index in [0.29, 0.717) is 18.1 Å². The van der Waals surface area contributed by atoms with Crippen molar-refractivity contribution in [1.82, 2.24) is 4.98 Å². The molecule has 0 aromatic carbocycles. The van der Waals surface area contributed by atoms with Gasteiger partial charge in [0.2, 0.25) is 11.8 Å². The molecule has 0 radical (unpaired) electrons. The van der Waals surface area contributed by atoms with Gasteiger partial charge in [-0.3, -0.25) is 4.79 Å². The zero-order valence-corrected chi connectivity index (χ0v) is 11.1. The first-order chi connectivity index (χ1) is 9.09. The Hall–Kier alpha value is -1.62. The Kier molecular flexibility index (Phi) is 4.37. The lowest BCUT2D eigenvalue weighted by Crippen LogP contribution is -2.45. The molecule has 2 rings (SSSR count). The largest absolute Gasteiger partial charge is 0.476 e. The zero-order valence-electron chi connectivity index (χ0n) is 11.1. The molecule has 0 unspecified atom stereocenters. The van der Waals surface area contributed by atoms with E-state index in [4.69, 9.17) is 16.2 Å². The van der Waals surface area contributed by atoms with E-state index in [1.165, 1.54) is 19.0 Å². The highest BCUT2D eigenvalue weighted by Crippen LogP contribution is 2.25. The molecule has 1 aliphatic carbocycles. The van der Waals surface area contributed by atoms with Gasteiger partial charge >= 0.3 is 0 Å². The Balaban J connectivity index is 1.92. The van der Waals surface area contributed by atoms with Gasteiger partial charge in [-0.1, -0.05) is 25.7 Å². The number of rotatable bonds is 4. The Labute approximate surface area is 113 Å². The van der Waals surface area contributed by atoms with Crippen molar-refractivity contribution in [2.45, 2.75) is 44.1 Å². The maximum Gasteiger partial charge on any atom is 0.250 e. The maximum absolute atomic E-state index is 10.9. The quantitative estimate of drug-likeness (QED) is 0.807. The van der Waals surface area contributed by atoms with Crippen LogP contribution in [0.15, 0.2) is 18.3 Å². The molecule has 0 spiro atoms. The number of carbonyl (C=O) groups excluding carboxylic acids is 1. The average molecular weight is 263 g/mol. The fourth-order valence-electron chi connectivity index (χ4n) is 2.41. The highest BCUT2D eigenvalue weighted by atomic mass is 16.5. The lowest BCUT2D eigenvalue weighted by atomic mass is 9.93. The van der Waals surface area contributed by atoms with E-state index >= 15 is 0 Å². The summed E-state index contributed by atoms with van der Waals surface area (Å²) in [6.07, 6.45) is 8.24. The summed E-state index contributed by atoms with van der Waals surface area (Å²) in [6, 6.07) is 3.26. The Morgan fingerprint density at radius 1 is 1.26 bits per heavy atom. The molecule has 19 heavy (non-hydrogen) atoms. The van der Waals surface area contributed by atoms with Crippen LogP contribution in [0.3, 0.4) is 0 Å². The van der Waals surface area contributed by atoms with E-state index in [2.05, 4.69) is 4.98 Å². The summed E-state index contributed by atoms with van der Waals surface area (Å²) in [5, 5.41) is 0. The predicted molar refractivity (Wildman–Crippen MR) is 72.9 cm³/mol. The molecule has 0 atom stereocenters. The molecule has 0 bridgehead atoms. The number of hydrogen-bond acceptors (Lipinski definition) is 4. The van der Waals surface area contributed by atoms with Gasteiger partial charge in [-0.05, 0) is 18.9 Å². The minimum absolute atomic E-state index is 0.249. The number of nitrogens with two attached hydrogens (primary N) is 2. The van der Waals surface area contributed by atoms with Crippen LogP contribution in [0.25, 0.3) is 0 Å². The summed E-state index contributed by atoms with van der Waals surface area (Å²) < 4.78 is 5.65. The van der Waals surface area contributed by atoms with Crippen molar-refractivity contribution in [3.63, 3.8) is 0 Å². The minimum atomic E-state index is -0.488. The predicted octanol–water partition coefficient (Wildman–Crippen LogP) is 1.61. The molecule has 0 saturated heterocycles. The highest BCUT2D eigenvalue weighted by Gasteiger charge is 2.27. The van der Waals surface area contributed by atoms with Crippen molar-refractivity contribution >= 4 is 5.91 Å². The van der Waals surface area contributed by atoms with Crippen LogP contribution in [0.1, 0.15) is 48.9 Å². The smallest absolute Gasteiger partial charge is 0.250 e. The van der Waals surface area contributed by atoms with E-state index in [1.807, 2.05) is 0 Å². The molecule has 5 nitrogen and oxygen atoms in total. The second kappa shape index (κ2) is 6.02. The summed E-state index contributed by atoms with van der Waals surface area (Å²) in [4.78, 5) is 15.0. The third-order valence-electron chi connectivity index (χ3n) is 3.63. The van der Waals surface area contributed by atoms with Gasteiger partial charge in [-0.25, -0.2) is 4.98 Å². The van der Waals surface area contributed by atoms with Gasteiger partial charge in [0.1, 0.15) is 6.61 Å². The molecule has 1 saturated carbocycles. The molecule has 1 heterocycles. The molecule has 0 aliphatic heterocycles. The van der Waals surface area contributed by atoms with Gasteiger partial charge in [0.25, 0.3) is 0 Å². The topological polar surface area (TPSA) is 91.2 Å². The van der Waals surface area contributed by atoms with Crippen LogP contribution in [-0.2, 0) is 0 Å². The fraction of sp³-hybridized carbons (Fsp3) is 0.571. The first-order valence-corrected chi connectivity index (χ1v) is 6.77. The molecular formula is C14H21N3O2. The second-order valence-electron chi connectivity index (χ2n) is 5.31. The molecule has 1 aromatic heterocycles. The van der Waals surface area contributed by atoms with E-state index in [9.17, 15) is 4.79 Å². The fourth-order valence-corrected chi connectivity index (χ4v) is 2.41.